The Hall–Kier alpha value is -1.80. The molecule has 0 saturated heterocycles. The van der Waals surface area contributed by atoms with Crippen molar-refractivity contribution in [2.75, 3.05) is 13.1 Å². The summed E-state index contributed by atoms with van der Waals surface area (Å²) in [5.74, 6) is 1.10. The molecule has 0 radical (unpaired) electrons. The number of furan rings is 1. The van der Waals surface area contributed by atoms with Crippen molar-refractivity contribution in [1.29, 1.82) is 5.26 Å². The van der Waals surface area contributed by atoms with Gasteiger partial charge in [-0.25, -0.2) is 0 Å². The number of nitriles is 1. The van der Waals surface area contributed by atoms with Gasteiger partial charge in [0.15, 0.2) is 0 Å². The first-order chi connectivity index (χ1) is 8.13. The Kier molecular flexibility index (Phi) is 5.24. The van der Waals surface area contributed by atoms with E-state index >= 15 is 0 Å². The normalized spacial score (nSPS) is 10.2. The minimum absolute atomic E-state index is 0.0123. The van der Waals surface area contributed by atoms with Crippen LogP contribution in [0.25, 0.3) is 0 Å². The average Bonchev–Trinajstić information content (AvgIpc) is 2.76. The van der Waals surface area contributed by atoms with Crippen molar-refractivity contribution >= 4 is 5.91 Å². The van der Waals surface area contributed by atoms with Crippen LogP contribution in [-0.4, -0.2) is 19.0 Å². The lowest BCUT2D eigenvalue weighted by molar-refractivity contribution is -0.123. The van der Waals surface area contributed by atoms with Crippen LogP contribution in [0.2, 0.25) is 0 Å². The van der Waals surface area contributed by atoms with Gasteiger partial charge >= 0.3 is 0 Å². The predicted octanol–water partition coefficient (Wildman–Crippen LogP) is 1.01. The lowest BCUT2D eigenvalue weighted by atomic mass is 10.2. The minimum Gasteiger partial charge on any atom is -0.449 e. The Balaban J connectivity index is 2.12. The fourth-order valence-electron chi connectivity index (χ4n) is 1.22. The van der Waals surface area contributed by atoms with E-state index in [0.29, 0.717) is 25.4 Å². The largest absolute Gasteiger partial charge is 0.449 e. The number of carbonyl (C=O) groups excluding carboxylic acids is 1. The Morgan fingerprint density at radius 3 is 2.82 bits per heavy atom. The SMILES string of the molecule is CC(C)C(=O)NCCNCc1ccc(C#N)o1. The van der Waals surface area contributed by atoms with E-state index in [1.165, 1.54) is 0 Å². The zero-order chi connectivity index (χ0) is 12.7. The molecule has 92 valence electrons. The van der Waals surface area contributed by atoms with Gasteiger partial charge in [-0.05, 0) is 12.1 Å². The molecule has 2 N–H and O–H groups in total. The number of nitrogens with zero attached hydrogens (tertiary/aromatic N) is 1. The molecule has 1 heterocycles. The van der Waals surface area contributed by atoms with Crippen molar-refractivity contribution < 1.29 is 9.21 Å². The molecule has 17 heavy (non-hydrogen) atoms. The maximum absolute atomic E-state index is 11.2. The Morgan fingerprint density at radius 1 is 1.47 bits per heavy atom. The summed E-state index contributed by atoms with van der Waals surface area (Å²) in [6.07, 6.45) is 0. The second kappa shape index (κ2) is 6.71. The first kappa shape index (κ1) is 13.3. The Bertz CT molecular complexity index is 404. The zero-order valence-electron chi connectivity index (χ0n) is 10.1. The van der Waals surface area contributed by atoms with E-state index in [9.17, 15) is 4.79 Å². The molecule has 0 aromatic carbocycles. The molecule has 1 rings (SSSR count). The predicted molar refractivity (Wildman–Crippen MR) is 63.0 cm³/mol. The van der Waals surface area contributed by atoms with E-state index in [-0.39, 0.29) is 11.8 Å². The van der Waals surface area contributed by atoms with Crippen LogP contribution < -0.4 is 10.6 Å². The second-order valence-corrected chi connectivity index (χ2v) is 4.00. The van der Waals surface area contributed by atoms with Crippen LogP contribution in [0.4, 0.5) is 0 Å². The summed E-state index contributed by atoms with van der Waals surface area (Å²) in [6.45, 7) is 5.52. The third kappa shape index (κ3) is 4.70. The first-order valence-corrected chi connectivity index (χ1v) is 5.60. The van der Waals surface area contributed by atoms with E-state index in [0.717, 1.165) is 5.76 Å². The molecule has 0 unspecified atom stereocenters. The first-order valence-electron chi connectivity index (χ1n) is 5.60. The third-order valence-corrected chi connectivity index (χ3v) is 2.20. The average molecular weight is 235 g/mol. The molecule has 1 aromatic heterocycles. The fourth-order valence-corrected chi connectivity index (χ4v) is 1.22. The van der Waals surface area contributed by atoms with Crippen LogP contribution in [0, 0.1) is 17.2 Å². The van der Waals surface area contributed by atoms with Gasteiger partial charge in [0.25, 0.3) is 0 Å². The highest BCUT2D eigenvalue weighted by Crippen LogP contribution is 2.05. The topological polar surface area (TPSA) is 78.1 Å². The van der Waals surface area contributed by atoms with Gasteiger partial charge in [-0.3, -0.25) is 4.79 Å². The maximum Gasteiger partial charge on any atom is 0.222 e. The van der Waals surface area contributed by atoms with Gasteiger partial charge < -0.3 is 15.1 Å². The summed E-state index contributed by atoms with van der Waals surface area (Å²) in [4.78, 5) is 11.2. The second-order valence-electron chi connectivity index (χ2n) is 4.00. The summed E-state index contributed by atoms with van der Waals surface area (Å²) in [5, 5.41) is 14.5. The van der Waals surface area contributed by atoms with Crippen molar-refractivity contribution in [3.8, 4) is 6.07 Å². The third-order valence-electron chi connectivity index (χ3n) is 2.20. The van der Waals surface area contributed by atoms with Crippen LogP contribution in [0.3, 0.4) is 0 Å². The van der Waals surface area contributed by atoms with Gasteiger partial charge in [0.2, 0.25) is 11.7 Å². The molecule has 0 fully saturated rings. The molecule has 0 aliphatic heterocycles. The molecule has 0 saturated carbocycles. The van der Waals surface area contributed by atoms with Crippen molar-refractivity contribution in [3.05, 3.63) is 23.7 Å². The molecule has 0 spiro atoms. The number of hydrogen-bond donors (Lipinski definition) is 2. The van der Waals surface area contributed by atoms with E-state index in [1.54, 1.807) is 12.1 Å². The summed E-state index contributed by atoms with van der Waals surface area (Å²) in [6, 6.07) is 5.32. The smallest absolute Gasteiger partial charge is 0.222 e. The van der Waals surface area contributed by atoms with Crippen LogP contribution in [0.15, 0.2) is 16.5 Å². The molecule has 5 nitrogen and oxygen atoms in total. The van der Waals surface area contributed by atoms with Gasteiger partial charge in [-0.2, -0.15) is 5.26 Å². The monoisotopic (exact) mass is 235 g/mol. The fraction of sp³-hybridized carbons (Fsp3) is 0.500. The van der Waals surface area contributed by atoms with Gasteiger partial charge in [-0.1, -0.05) is 13.8 Å². The maximum atomic E-state index is 11.2. The number of amides is 1. The highest BCUT2D eigenvalue weighted by molar-refractivity contribution is 5.77. The molecule has 0 aliphatic carbocycles. The lowest BCUT2D eigenvalue weighted by Crippen LogP contribution is -2.34. The number of rotatable bonds is 6. The van der Waals surface area contributed by atoms with Gasteiger partial charge in [0.05, 0.1) is 6.54 Å². The standard InChI is InChI=1S/C12H17N3O2/c1-9(2)12(16)15-6-5-14-8-11-4-3-10(7-13)17-11/h3-4,9,14H,5-6,8H2,1-2H3,(H,15,16). The van der Waals surface area contributed by atoms with E-state index < -0.39 is 0 Å². The van der Waals surface area contributed by atoms with E-state index in [4.69, 9.17) is 9.68 Å². The summed E-state index contributed by atoms with van der Waals surface area (Å²) in [5.41, 5.74) is 0. The van der Waals surface area contributed by atoms with Crippen molar-refractivity contribution in [2.24, 2.45) is 5.92 Å². The molecule has 1 aromatic rings. The molecule has 5 heteroatoms. The van der Waals surface area contributed by atoms with Crippen LogP contribution in [0.1, 0.15) is 25.4 Å². The van der Waals surface area contributed by atoms with Gasteiger partial charge in [0, 0.05) is 19.0 Å². The summed E-state index contributed by atoms with van der Waals surface area (Å²) in [7, 11) is 0. The molecule has 0 atom stereocenters. The number of nitrogens with one attached hydrogen (secondary N) is 2. The highest BCUT2D eigenvalue weighted by Gasteiger charge is 2.05. The van der Waals surface area contributed by atoms with Gasteiger partial charge in [-0.15, -0.1) is 0 Å². The quantitative estimate of drug-likeness (QED) is 0.721. The molecular weight excluding hydrogens is 218 g/mol. The number of carbonyl (C=O) groups is 1. The van der Waals surface area contributed by atoms with E-state index in [2.05, 4.69) is 10.6 Å². The van der Waals surface area contributed by atoms with Gasteiger partial charge in [0.1, 0.15) is 11.8 Å². The van der Waals surface area contributed by atoms with Crippen LogP contribution in [0.5, 0.6) is 0 Å². The van der Waals surface area contributed by atoms with E-state index in [1.807, 2.05) is 19.9 Å². The van der Waals surface area contributed by atoms with Crippen molar-refractivity contribution in [2.45, 2.75) is 20.4 Å². The summed E-state index contributed by atoms with van der Waals surface area (Å²) < 4.78 is 5.19. The van der Waals surface area contributed by atoms with Crippen molar-refractivity contribution in [3.63, 3.8) is 0 Å². The molecule has 1 amide bonds. The Labute approximate surface area is 101 Å². The summed E-state index contributed by atoms with van der Waals surface area (Å²) >= 11 is 0. The molecule has 0 aliphatic rings. The van der Waals surface area contributed by atoms with Crippen LogP contribution >= 0.6 is 0 Å². The zero-order valence-corrected chi connectivity index (χ0v) is 10.1. The number of hydrogen-bond acceptors (Lipinski definition) is 4. The van der Waals surface area contributed by atoms with Crippen molar-refractivity contribution in [1.82, 2.24) is 10.6 Å². The highest BCUT2D eigenvalue weighted by atomic mass is 16.3. The molecule has 0 bridgehead atoms. The molecular formula is C12H17N3O2. The lowest BCUT2D eigenvalue weighted by Gasteiger charge is -2.07. The minimum atomic E-state index is 0.0123. The van der Waals surface area contributed by atoms with Crippen LogP contribution in [-0.2, 0) is 11.3 Å². The Morgan fingerprint density at radius 2 is 2.24 bits per heavy atom.